The lowest BCUT2D eigenvalue weighted by molar-refractivity contribution is -0.384. The van der Waals surface area contributed by atoms with E-state index in [-0.39, 0.29) is 17.9 Å². The standard InChI is InChI=1S/C14H17N5O4/c1-7-5-10(14(20)23-4)12(19(21)22)13(16-7)15-6-11-8(2)9(3)17-18-11/h5H,6H2,1-4H3,(H,15,16)(H,17,18). The summed E-state index contributed by atoms with van der Waals surface area (Å²) in [6, 6.07) is 1.33. The van der Waals surface area contributed by atoms with Crippen molar-refractivity contribution in [3.8, 4) is 0 Å². The molecule has 2 aromatic heterocycles. The predicted molar refractivity (Wildman–Crippen MR) is 82.4 cm³/mol. The zero-order valence-corrected chi connectivity index (χ0v) is 13.3. The van der Waals surface area contributed by atoms with Gasteiger partial charge in [0.15, 0.2) is 0 Å². The molecule has 9 nitrogen and oxygen atoms in total. The van der Waals surface area contributed by atoms with E-state index in [9.17, 15) is 14.9 Å². The van der Waals surface area contributed by atoms with Crippen molar-refractivity contribution in [2.45, 2.75) is 27.3 Å². The quantitative estimate of drug-likeness (QED) is 0.491. The van der Waals surface area contributed by atoms with Gasteiger partial charge >= 0.3 is 11.7 Å². The molecule has 2 aromatic rings. The minimum atomic E-state index is -0.781. The number of methoxy groups -OCH3 is 1. The molecule has 23 heavy (non-hydrogen) atoms. The molecule has 0 aliphatic carbocycles. The highest BCUT2D eigenvalue weighted by atomic mass is 16.6. The molecule has 0 aromatic carbocycles. The Morgan fingerprint density at radius 1 is 1.43 bits per heavy atom. The SMILES string of the molecule is COC(=O)c1cc(C)nc(NCc2n[nH]c(C)c2C)c1[N+](=O)[O-]. The van der Waals surface area contributed by atoms with Gasteiger partial charge in [0.25, 0.3) is 0 Å². The van der Waals surface area contributed by atoms with Crippen LogP contribution in [0, 0.1) is 30.9 Å². The van der Waals surface area contributed by atoms with Gasteiger partial charge in [0, 0.05) is 11.4 Å². The van der Waals surface area contributed by atoms with E-state index < -0.39 is 16.6 Å². The first-order valence-electron chi connectivity index (χ1n) is 6.83. The average molecular weight is 319 g/mol. The van der Waals surface area contributed by atoms with Gasteiger partial charge in [0.2, 0.25) is 5.82 Å². The number of nitrogens with zero attached hydrogens (tertiary/aromatic N) is 3. The maximum atomic E-state index is 11.8. The topological polar surface area (TPSA) is 123 Å². The highest BCUT2D eigenvalue weighted by Gasteiger charge is 2.27. The third kappa shape index (κ3) is 3.28. The van der Waals surface area contributed by atoms with Gasteiger partial charge in [-0.05, 0) is 32.4 Å². The molecule has 9 heteroatoms. The number of nitrogens with one attached hydrogen (secondary N) is 2. The van der Waals surface area contributed by atoms with Crippen molar-refractivity contribution in [2.24, 2.45) is 0 Å². The van der Waals surface area contributed by atoms with Gasteiger partial charge in [0.1, 0.15) is 5.56 Å². The van der Waals surface area contributed by atoms with Crippen molar-refractivity contribution < 1.29 is 14.5 Å². The number of H-pyrrole nitrogens is 1. The van der Waals surface area contributed by atoms with Crippen molar-refractivity contribution in [3.05, 3.63) is 44.4 Å². The van der Waals surface area contributed by atoms with E-state index in [0.717, 1.165) is 17.0 Å². The highest BCUT2D eigenvalue weighted by molar-refractivity contribution is 5.96. The van der Waals surface area contributed by atoms with Crippen LogP contribution >= 0.6 is 0 Å². The molecule has 0 radical (unpaired) electrons. The molecule has 2 heterocycles. The first-order valence-corrected chi connectivity index (χ1v) is 6.83. The van der Waals surface area contributed by atoms with Gasteiger partial charge in [-0.25, -0.2) is 9.78 Å². The monoisotopic (exact) mass is 319 g/mol. The number of carbonyl (C=O) groups is 1. The number of rotatable bonds is 5. The van der Waals surface area contributed by atoms with Crippen LogP contribution in [-0.4, -0.2) is 33.2 Å². The Bertz CT molecular complexity index is 769. The molecule has 122 valence electrons. The van der Waals surface area contributed by atoms with E-state index in [1.807, 2.05) is 13.8 Å². The normalized spacial score (nSPS) is 10.4. The van der Waals surface area contributed by atoms with Crippen LogP contribution < -0.4 is 5.32 Å². The number of hydrogen-bond donors (Lipinski definition) is 2. The summed E-state index contributed by atoms with van der Waals surface area (Å²) in [6.07, 6.45) is 0. The van der Waals surface area contributed by atoms with E-state index in [1.165, 1.54) is 13.2 Å². The van der Waals surface area contributed by atoms with Crippen LogP contribution in [0.15, 0.2) is 6.07 Å². The Morgan fingerprint density at radius 3 is 2.65 bits per heavy atom. The second-order valence-corrected chi connectivity index (χ2v) is 5.03. The second-order valence-electron chi connectivity index (χ2n) is 5.03. The number of hydrogen-bond acceptors (Lipinski definition) is 7. The van der Waals surface area contributed by atoms with Gasteiger partial charge in [-0.15, -0.1) is 0 Å². The maximum Gasteiger partial charge on any atom is 0.345 e. The Labute approximate surface area is 132 Å². The predicted octanol–water partition coefficient (Wildman–Crippen LogP) is 2.04. The number of carbonyl (C=O) groups excluding carboxylic acids is 1. The molecule has 0 bridgehead atoms. The maximum absolute atomic E-state index is 11.8. The largest absolute Gasteiger partial charge is 0.465 e. The van der Waals surface area contributed by atoms with Crippen molar-refractivity contribution >= 4 is 17.5 Å². The van der Waals surface area contributed by atoms with Crippen molar-refractivity contribution in [2.75, 3.05) is 12.4 Å². The minimum absolute atomic E-state index is 0.00968. The summed E-state index contributed by atoms with van der Waals surface area (Å²) < 4.78 is 4.61. The Morgan fingerprint density at radius 2 is 2.13 bits per heavy atom. The fraction of sp³-hybridized carbons (Fsp3) is 0.357. The highest BCUT2D eigenvalue weighted by Crippen LogP contribution is 2.29. The molecule has 2 N–H and O–H groups in total. The molecular formula is C14H17N5O4. The number of aromatic amines is 1. The molecule has 0 amide bonds. The number of ether oxygens (including phenoxy) is 1. The lowest BCUT2D eigenvalue weighted by Gasteiger charge is -2.09. The van der Waals surface area contributed by atoms with E-state index in [0.29, 0.717) is 5.69 Å². The van der Waals surface area contributed by atoms with Crippen molar-refractivity contribution in [3.63, 3.8) is 0 Å². The molecule has 0 aliphatic rings. The third-order valence-electron chi connectivity index (χ3n) is 3.49. The van der Waals surface area contributed by atoms with E-state index >= 15 is 0 Å². The molecule has 0 aliphatic heterocycles. The first-order chi connectivity index (χ1) is 10.8. The molecule has 0 spiro atoms. The number of pyridine rings is 1. The van der Waals surface area contributed by atoms with Crippen LogP contribution in [0.4, 0.5) is 11.5 Å². The number of esters is 1. The summed E-state index contributed by atoms with van der Waals surface area (Å²) in [5.41, 5.74) is 2.52. The van der Waals surface area contributed by atoms with Crippen molar-refractivity contribution in [1.82, 2.24) is 15.2 Å². The first kappa shape index (κ1) is 16.4. The Hall–Kier alpha value is -2.97. The van der Waals surface area contributed by atoms with Crippen LogP contribution in [0.25, 0.3) is 0 Å². The van der Waals surface area contributed by atoms with Gasteiger partial charge in [-0.2, -0.15) is 5.10 Å². The molecule has 0 unspecified atom stereocenters. The summed E-state index contributed by atoms with van der Waals surface area (Å²) in [5, 5.41) is 21.2. The fourth-order valence-electron chi connectivity index (χ4n) is 2.12. The van der Waals surface area contributed by atoms with Crippen LogP contribution in [0.1, 0.15) is 33.0 Å². The summed E-state index contributed by atoms with van der Waals surface area (Å²) in [6.45, 7) is 5.67. The number of aromatic nitrogens is 3. The molecule has 2 rings (SSSR count). The van der Waals surface area contributed by atoms with E-state index in [2.05, 4.69) is 25.2 Å². The lowest BCUT2D eigenvalue weighted by atomic mass is 10.1. The second kappa shape index (κ2) is 6.42. The third-order valence-corrected chi connectivity index (χ3v) is 3.49. The zero-order chi connectivity index (χ0) is 17.1. The minimum Gasteiger partial charge on any atom is -0.465 e. The van der Waals surface area contributed by atoms with Crippen LogP contribution in [-0.2, 0) is 11.3 Å². The molecule has 0 saturated heterocycles. The summed E-state index contributed by atoms with van der Waals surface area (Å²) in [7, 11) is 1.17. The molecule has 0 atom stereocenters. The summed E-state index contributed by atoms with van der Waals surface area (Å²) in [5.74, 6) is -0.771. The molecule has 0 fully saturated rings. The van der Waals surface area contributed by atoms with Gasteiger partial charge in [-0.3, -0.25) is 15.2 Å². The fourth-order valence-corrected chi connectivity index (χ4v) is 2.12. The Kier molecular flexibility index (Phi) is 4.58. The molecule has 0 saturated carbocycles. The summed E-state index contributed by atoms with van der Waals surface area (Å²) in [4.78, 5) is 26.6. The smallest absolute Gasteiger partial charge is 0.345 e. The summed E-state index contributed by atoms with van der Waals surface area (Å²) >= 11 is 0. The van der Waals surface area contributed by atoms with Crippen LogP contribution in [0.5, 0.6) is 0 Å². The lowest BCUT2D eigenvalue weighted by Crippen LogP contribution is -2.12. The van der Waals surface area contributed by atoms with Gasteiger partial charge in [-0.1, -0.05) is 0 Å². The number of aryl methyl sites for hydroxylation is 2. The number of nitro groups is 1. The van der Waals surface area contributed by atoms with E-state index in [1.54, 1.807) is 6.92 Å². The van der Waals surface area contributed by atoms with E-state index in [4.69, 9.17) is 0 Å². The van der Waals surface area contributed by atoms with Gasteiger partial charge in [0.05, 0.1) is 24.3 Å². The molecular weight excluding hydrogens is 302 g/mol. The average Bonchev–Trinajstić information content (AvgIpc) is 2.82. The van der Waals surface area contributed by atoms with Crippen molar-refractivity contribution in [1.29, 1.82) is 0 Å². The Balaban J connectivity index is 2.41. The van der Waals surface area contributed by atoms with Crippen LogP contribution in [0.2, 0.25) is 0 Å². The zero-order valence-electron chi connectivity index (χ0n) is 13.3. The van der Waals surface area contributed by atoms with Gasteiger partial charge < -0.3 is 10.1 Å². The number of anilines is 1. The van der Waals surface area contributed by atoms with Crippen LogP contribution in [0.3, 0.4) is 0 Å².